The van der Waals surface area contributed by atoms with Crippen LogP contribution in [-0.2, 0) is 0 Å². The average Bonchev–Trinajstić information content (AvgIpc) is 2.38. The molecule has 0 aliphatic carbocycles. The Bertz CT molecular complexity index is 574. The van der Waals surface area contributed by atoms with Gasteiger partial charge >= 0.3 is 0 Å². The van der Waals surface area contributed by atoms with Gasteiger partial charge in [0.05, 0.1) is 13.2 Å². The molecular weight excluding hydrogens is 265 g/mol. The molecule has 0 saturated heterocycles. The van der Waals surface area contributed by atoms with Crippen LogP contribution in [0.3, 0.4) is 0 Å². The number of nitrogens with one attached hydrogen (secondary N) is 1. The van der Waals surface area contributed by atoms with Gasteiger partial charge in [0, 0.05) is 22.3 Å². The predicted molar refractivity (Wildman–Crippen MR) is 76.4 cm³/mol. The zero-order valence-corrected chi connectivity index (χ0v) is 11.5. The van der Waals surface area contributed by atoms with E-state index in [1.807, 2.05) is 19.1 Å². The van der Waals surface area contributed by atoms with Crippen molar-refractivity contribution in [1.82, 2.24) is 0 Å². The first kappa shape index (κ1) is 13.7. The summed E-state index contributed by atoms with van der Waals surface area (Å²) in [6.45, 7) is 1.89. The first-order valence-corrected chi connectivity index (χ1v) is 6.33. The van der Waals surface area contributed by atoms with Crippen LogP contribution in [0, 0.1) is 5.82 Å². The van der Waals surface area contributed by atoms with Crippen molar-refractivity contribution in [3.8, 4) is 5.75 Å². The van der Waals surface area contributed by atoms with Crippen LogP contribution >= 0.6 is 11.6 Å². The second-order valence-electron chi connectivity index (χ2n) is 4.26. The van der Waals surface area contributed by atoms with Crippen LogP contribution in [0.5, 0.6) is 5.75 Å². The maximum atomic E-state index is 13.9. The molecule has 0 saturated carbocycles. The Labute approximate surface area is 117 Å². The zero-order valence-electron chi connectivity index (χ0n) is 10.8. The summed E-state index contributed by atoms with van der Waals surface area (Å²) in [5, 5.41) is 3.86. The lowest BCUT2D eigenvalue weighted by Gasteiger charge is -2.17. The Morgan fingerprint density at radius 1 is 1.21 bits per heavy atom. The number of anilines is 1. The largest absolute Gasteiger partial charge is 0.497 e. The predicted octanol–water partition coefficient (Wildman–Crippen LogP) is 4.66. The number of rotatable bonds is 4. The van der Waals surface area contributed by atoms with Crippen molar-refractivity contribution in [2.75, 3.05) is 12.4 Å². The Morgan fingerprint density at radius 3 is 2.63 bits per heavy atom. The van der Waals surface area contributed by atoms with Crippen LogP contribution in [0.15, 0.2) is 42.5 Å². The Morgan fingerprint density at radius 2 is 2.00 bits per heavy atom. The third-order valence-corrected chi connectivity index (χ3v) is 3.12. The molecule has 0 aliphatic rings. The molecule has 0 amide bonds. The fraction of sp³-hybridized carbons (Fsp3) is 0.200. The lowest BCUT2D eigenvalue weighted by Crippen LogP contribution is -2.08. The van der Waals surface area contributed by atoms with E-state index in [1.165, 1.54) is 13.2 Å². The highest BCUT2D eigenvalue weighted by molar-refractivity contribution is 6.30. The third kappa shape index (κ3) is 3.38. The summed E-state index contributed by atoms with van der Waals surface area (Å²) >= 11 is 5.91. The number of halogens is 2. The van der Waals surface area contributed by atoms with Gasteiger partial charge in [-0.3, -0.25) is 0 Å². The van der Waals surface area contributed by atoms with Gasteiger partial charge in [0.2, 0.25) is 0 Å². The van der Waals surface area contributed by atoms with Crippen molar-refractivity contribution in [3.05, 3.63) is 58.9 Å². The highest BCUT2D eigenvalue weighted by Gasteiger charge is 2.11. The second kappa shape index (κ2) is 5.93. The molecule has 2 aromatic rings. The molecule has 19 heavy (non-hydrogen) atoms. The van der Waals surface area contributed by atoms with E-state index >= 15 is 0 Å². The Kier molecular flexibility index (Phi) is 4.27. The Hall–Kier alpha value is -1.74. The molecule has 0 aliphatic heterocycles. The lowest BCUT2D eigenvalue weighted by atomic mass is 10.1. The monoisotopic (exact) mass is 279 g/mol. The minimum Gasteiger partial charge on any atom is -0.497 e. The molecule has 2 rings (SSSR count). The van der Waals surface area contributed by atoms with E-state index in [4.69, 9.17) is 16.3 Å². The van der Waals surface area contributed by atoms with Crippen LogP contribution in [0.2, 0.25) is 5.02 Å². The minimum absolute atomic E-state index is 0.163. The van der Waals surface area contributed by atoms with E-state index in [2.05, 4.69) is 5.32 Å². The van der Waals surface area contributed by atoms with Gasteiger partial charge in [0.15, 0.2) is 0 Å². The van der Waals surface area contributed by atoms with Crippen LogP contribution in [0.1, 0.15) is 18.5 Å². The summed E-state index contributed by atoms with van der Waals surface area (Å²) in [5.74, 6) is 0.220. The maximum absolute atomic E-state index is 13.9. The maximum Gasteiger partial charge on any atom is 0.132 e. The van der Waals surface area contributed by atoms with Crippen molar-refractivity contribution in [2.45, 2.75) is 13.0 Å². The number of hydrogen-bond donors (Lipinski definition) is 1. The van der Waals surface area contributed by atoms with Gasteiger partial charge in [0.1, 0.15) is 11.6 Å². The lowest BCUT2D eigenvalue weighted by molar-refractivity contribution is 0.410. The molecule has 0 heterocycles. The molecule has 1 atom stereocenters. The summed E-state index contributed by atoms with van der Waals surface area (Å²) in [6.07, 6.45) is 0. The molecule has 0 aromatic heterocycles. The summed E-state index contributed by atoms with van der Waals surface area (Å²) < 4.78 is 18.9. The van der Waals surface area contributed by atoms with E-state index in [1.54, 1.807) is 24.3 Å². The Balaban J connectivity index is 2.18. The SMILES string of the molecule is COc1ccc(C(C)Nc2cccc(Cl)c2)c(F)c1. The molecule has 0 fully saturated rings. The standard InChI is InChI=1S/C15H15ClFNO/c1-10(18-12-5-3-4-11(16)8-12)14-7-6-13(19-2)9-15(14)17/h3-10,18H,1-2H3. The van der Waals surface area contributed by atoms with Crippen molar-refractivity contribution >= 4 is 17.3 Å². The van der Waals surface area contributed by atoms with Gasteiger partial charge in [-0.25, -0.2) is 4.39 Å². The summed E-state index contributed by atoms with van der Waals surface area (Å²) in [7, 11) is 1.52. The van der Waals surface area contributed by atoms with Gasteiger partial charge in [0.25, 0.3) is 0 Å². The molecule has 1 unspecified atom stereocenters. The van der Waals surface area contributed by atoms with E-state index in [0.717, 1.165) is 5.69 Å². The fourth-order valence-corrected chi connectivity index (χ4v) is 2.08. The van der Waals surface area contributed by atoms with Gasteiger partial charge in [-0.05, 0) is 31.2 Å². The molecule has 0 spiro atoms. The topological polar surface area (TPSA) is 21.3 Å². The molecule has 0 radical (unpaired) electrons. The molecule has 4 heteroatoms. The van der Waals surface area contributed by atoms with Crippen LogP contribution in [-0.4, -0.2) is 7.11 Å². The minimum atomic E-state index is -0.290. The van der Waals surface area contributed by atoms with Crippen molar-refractivity contribution in [3.63, 3.8) is 0 Å². The van der Waals surface area contributed by atoms with Gasteiger partial charge in [-0.2, -0.15) is 0 Å². The van der Waals surface area contributed by atoms with E-state index in [-0.39, 0.29) is 11.9 Å². The highest BCUT2D eigenvalue weighted by Crippen LogP contribution is 2.25. The molecule has 1 N–H and O–H groups in total. The second-order valence-corrected chi connectivity index (χ2v) is 4.70. The first-order valence-electron chi connectivity index (χ1n) is 5.95. The van der Waals surface area contributed by atoms with E-state index in [9.17, 15) is 4.39 Å². The van der Waals surface area contributed by atoms with Crippen molar-refractivity contribution in [1.29, 1.82) is 0 Å². The number of methoxy groups -OCH3 is 1. The third-order valence-electron chi connectivity index (χ3n) is 2.88. The van der Waals surface area contributed by atoms with Crippen molar-refractivity contribution < 1.29 is 9.13 Å². The highest BCUT2D eigenvalue weighted by atomic mass is 35.5. The van der Waals surface area contributed by atoms with Gasteiger partial charge in [-0.1, -0.05) is 23.7 Å². The molecular formula is C15H15ClFNO. The summed E-state index contributed by atoms with van der Waals surface area (Å²) in [6, 6.07) is 12.0. The summed E-state index contributed by atoms with van der Waals surface area (Å²) in [4.78, 5) is 0. The molecule has 2 nitrogen and oxygen atoms in total. The first-order chi connectivity index (χ1) is 9.10. The van der Waals surface area contributed by atoms with E-state index in [0.29, 0.717) is 16.3 Å². The summed E-state index contributed by atoms with van der Waals surface area (Å²) in [5.41, 5.74) is 1.44. The van der Waals surface area contributed by atoms with Crippen LogP contribution < -0.4 is 10.1 Å². The quantitative estimate of drug-likeness (QED) is 0.879. The smallest absolute Gasteiger partial charge is 0.132 e. The molecule has 100 valence electrons. The molecule has 0 bridgehead atoms. The number of hydrogen-bond acceptors (Lipinski definition) is 2. The van der Waals surface area contributed by atoms with Crippen LogP contribution in [0.25, 0.3) is 0 Å². The van der Waals surface area contributed by atoms with Crippen molar-refractivity contribution in [2.24, 2.45) is 0 Å². The fourth-order valence-electron chi connectivity index (χ4n) is 1.89. The van der Waals surface area contributed by atoms with E-state index < -0.39 is 0 Å². The van der Waals surface area contributed by atoms with Gasteiger partial charge in [-0.15, -0.1) is 0 Å². The van der Waals surface area contributed by atoms with Crippen LogP contribution in [0.4, 0.5) is 10.1 Å². The normalized spacial score (nSPS) is 12.0. The zero-order chi connectivity index (χ0) is 13.8. The number of ether oxygens (including phenoxy) is 1. The number of benzene rings is 2. The average molecular weight is 280 g/mol. The van der Waals surface area contributed by atoms with Gasteiger partial charge < -0.3 is 10.1 Å². The molecule has 2 aromatic carbocycles.